The molecule has 1 saturated carbocycles. The van der Waals surface area contributed by atoms with E-state index in [1.807, 2.05) is 0 Å². The van der Waals surface area contributed by atoms with E-state index in [-0.39, 0.29) is 0 Å². The van der Waals surface area contributed by atoms with Crippen LogP contribution < -0.4 is 10.6 Å². The van der Waals surface area contributed by atoms with Gasteiger partial charge in [-0.15, -0.1) is 5.10 Å². The summed E-state index contributed by atoms with van der Waals surface area (Å²) in [6.45, 7) is 6.53. The van der Waals surface area contributed by atoms with E-state index in [4.69, 9.17) is 0 Å². The largest absolute Gasteiger partial charge is 0.367 e. The van der Waals surface area contributed by atoms with Crippen LogP contribution in [0.15, 0.2) is 12.1 Å². The Labute approximate surface area is 114 Å². The SMILES string of the molecule is c1cc(C2CCC2)nnc1NCCN1CCNCC1. The molecule has 0 bridgehead atoms. The monoisotopic (exact) mass is 261 g/mol. The molecule has 2 fully saturated rings. The van der Waals surface area contributed by atoms with Gasteiger partial charge in [0.2, 0.25) is 0 Å². The lowest BCUT2D eigenvalue weighted by molar-refractivity contribution is 0.249. The van der Waals surface area contributed by atoms with Crippen molar-refractivity contribution in [1.29, 1.82) is 0 Å². The topological polar surface area (TPSA) is 53.1 Å². The lowest BCUT2D eigenvalue weighted by atomic mass is 9.83. The second kappa shape index (κ2) is 6.30. The summed E-state index contributed by atoms with van der Waals surface area (Å²) in [5.41, 5.74) is 1.17. The van der Waals surface area contributed by atoms with Gasteiger partial charge in [0.1, 0.15) is 5.82 Å². The summed E-state index contributed by atoms with van der Waals surface area (Å²) >= 11 is 0. The molecule has 5 nitrogen and oxygen atoms in total. The van der Waals surface area contributed by atoms with Crippen LogP contribution in [-0.4, -0.2) is 54.4 Å². The van der Waals surface area contributed by atoms with Gasteiger partial charge in [-0.05, 0) is 25.0 Å². The van der Waals surface area contributed by atoms with Gasteiger partial charge >= 0.3 is 0 Å². The summed E-state index contributed by atoms with van der Waals surface area (Å²) in [5, 5.41) is 15.3. The number of hydrogen-bond acceptors (Lipinski definition) is 5. The highest BCUT2D eigenvalue weighted by molar-refractivity contribution is 5.33. The summed E-state index contributed by atoms with van der Waals surface area (Å²) in [6.07, 6.45) is 3.91. The summed E-state index contributed by atoms with van der Waals surface area (Å²) in [5.74, 6) is 1.57. The first-order valence-corrected chi connectivity index (χ1v) is 7.42. The predicted molar refractivity (Wildman–Crippen MR) is 76.4 cm³/mol. The Kier molecular flexibility index (Phi) is 4.25. The molecule has 1 aromatic heterocycles. The smallest absolute Gasteiger partial charge is 0.148 e. The maximum Gasteiger partial charge on any atom is 0.148 e. The van der Waals surface area contributed by atoms with Crippen LogP contribution in [0.5, 0.6) is 0 Å². The Morgan fingerprint density at radius 2 is 2.05 bits per heavy atom. The van der Waals surface area contributed by atoms with E-state index in [1.54, 1.807) is 0 Å². The highest BCUT2D eigenvalue weighted by Gasteiger charge is 2.20. The van der Waals surface area contributed by atoms with Crippen LogP contribution in [0.3, 0.4) is 0 Å². The Balaban J connectivity index is 1.41. The molecule has 1 aromatic rings. The maximum atomic E-state index is 4.33. The van der Waals surface area contributed by atoms with E-state index >= 15 is 0 Å². The minimum Gasteiger partial charge on any atom is -0.367 e. The van der Waals surface area contributed by atoms with E-state index in [2.05, 4.69) is 37.9 Å². The lowest BCUT2D eigenvalue weighted by Gasteiger charge is -2.27. The number of anilines is 1. The normalized spacial score (nSPS) is 21.1. The highest BCUT2D eigenvalue weighted by Crippen LogP contribution is 2.34. The van der Waals surface area contributed by atoms with Crippen LogP contribution >= 0.6 is 0 Å². The standard InChI is InChI=1S/C14H23N5/c1-2-12(3-1)13-4-5-14(18-17-13)16-8-11-19-9-6-15-7-10-19/h4-5,12,15H,1-3,6-11H2,(H,16,18). The third-order valence-electron chi connectivity index (χ3n) is 4.15. The number of aromatic nitrogens is 2. The zero-order valence-electron chi connectivity index (χ0n) is 11.4. The predicted octanol–water partition coefficient (Wildman–Crippen LogP) is 1.06. The minimum absolute atomic E-state index is 0.669. The van der Waals surface area contributed by atoms with Crippen molar-refractivity contribution in [3.05, 3.63) is 17.8 Å². The Morgan fingerprint density at radius 3 is 2.68 bits per heavy atom. The number of nitrogens with zero attached hydrogens (tertiary/aromatic N) is 3. The number of piperazine rings is 1. The fourth-order valence-corrected chi connectivity index (χ4v) is 2.64. The molecular weight excluding hydrogens is 238 g/mol. The summed E-state index contributed by atoms with van der Waals surface area (Å²) in [4.78, 5) is 2.47. The van der Waals surface area contributed by atoms with Crippen LogP contribution in [-0.2, 0) is 0 Å². The van der Waals surface area contributed by atoms with E-state index in [1.165, 1.54) is 25.0 Å². The van der Waals surface area contributed by atoms with Gasteiger partial charge in [-0.3, -0.25) is 4.90 Å². The van der Waals surface area contributed by atoms with Crippen LogP contribution in [0.25, 0.3) is 0 Å². The molecule has 1 aliphatic carbocycles. The van der Waals surface area contributed by atoms with Crippen molar-refractivity contribution in [2.45, 2.75) is 25.2 Å². The van der Waals surface area contributed by atoms with Crippen molar-refractivity contribution >= 4 is 5.82 Å². The average molecular weight is 261 g/mol. The molecular formula is C14H23N5. The molecule has 0 spiro atoms. The van der Waals surface area contributed by atoms with Gasteiger partial charge in [-0.2, -0.15) is 5.10 Å². The van der Waals surface area contributed by atoms with Crippen LogP contribution in [0, 0.1) is 0 Å². The molecule has 0 aromatic carbocycles. The van der Waals surface area contributed by atoms with Gasteiger partial charge in [0.05, 0.1) is 5.69 Å². The molecule has 104 valence electrons. The summed E-state index contributed by atoms with van der Waals surface area (Å²) < 4.78 is 0. The molecule has 0 amide bonds. The van der Waals surface area contributed by atoms with Crippen LogP contribution in [0.4, 0.5) is 5.82 Å². The van der Waals surface area contributed by atoms with E-state index < -0.39 is 0 Å². The molecule has 0 radical (unpaired) electrons. The average Bonchev–Trinajstić information content (AvgIpc) is 2.40. The Bertz CT molecular complexity index is 381. The van der Waals surface area contributed by atoms with Crippen molar-refractivity contribution in [1.82, 2.24) is 20.4 Å². The molecule has 5 heteroatoms. The quantitative estimate of drug-likeness (QED) is 0.830. The Morgan fingerprint density at radius 1 is 1.21 bits per heavy atom. The summed E-state index contributed by atoms with van der Waals surface area (Å²) in [6, 6.07) is 4.20. The van der Waals surface area contributed by atoms with Crippen molar-refractivity contribution in [3.63, 3.8) is 0 Å². The first-order chi connectivity index (χ1) is 9.42. The molecule has 0 unspecified atom stereocenters. The fourth-order valence-electron chi connectivity index (χ4n) is 2.64. The number of hydrogen-bond donors (Lipinski definition) is 2. The zero-order chi connectivity index (χ0) is 12.9. The molecule has 2 heterocycles. The fraction of sp³-hybridized carbons (Fsp3) is 0.714. The molecule has 0 atom stereocenters. The van der Waals surface area contributed by atoms with Crippen LogP contribution in [0.1, 0.15) is 30.9 Å². The van der Waals surface area contributed by atoms with Gasteiger partial charge in [-0.25, -0.2) is 0 Å². The van der Waals surface area contributed by atoms with Gasteiger partial charge < -0.3 is 10.6 Å². The second-order valence-electron chi connectivity index (χ2n) is 5.49. The van der Waals surface area contributed by atoms with Gasteiger partial charge in [0.25, 0.3) is 0 Å². The molecule has 1 aliphatic heterocycles. The van der Waals surface area contributed by atoms with Gasteiger partial charge in [0, 0.05) is 45.2 Å². The molecule has 2 N–H and O–H groups in total. The first-order valence-electron chi connectivity index (χ1n) is 7.42. The number of nitrogens with one attached hydrogen (secondary N) is 2. The van der Waals surface area contributed by atoms with Crippen molar-refractivity contribution in [3.8, 4) is 0 Å². The van der Waals surface area contributed by atoms with E-state index in [0.29, 0.717) is 5.92 Å². The second-order valence-corrected chi connectivity index (χ2v) is 5.49. The van der Waals surface area contributed by atoms with Gasteiger partial charge in [0.15, 0.2) is 0 Å². The third-order valence-corrected chi connectivity index (χ3v) is 4.15. The van der Waals surface area contributed by atoms with E-state index in [0.717, 1.165) is 45.1 Å². The molecule has 2 aliphatic rings. The lowest BCUT2D eigenvalue weighted by Crippen LogP contribution is -2.45. The van der Waals surface area contributed by atoms with Crippen molar-refractivity contribution in [2.24, 2.45) is 0 Å². The minimum atomic E-state index is 0.669. The molecule has 3 rings (SSSR count). The first kappa shape index (κ1) is 12.8. The van der Waals surface area contributed by atoms with Crippen molar-refractivity contribution in [2.75, 3.05) is 44.6 Å². The number of rotatable bonds is 5. The molecule has 1 saturated heterocycles. The zero-order valence-corrected chi connectivity index (χ0v) is 11.4. The third kappa shape index (κ3) is 3.42. The summed E-state index contributed by atoms with van der Waals surface area (Å²) in [7, 11) is 0. The van der Waals surface area contributed by atoms with Gasteiger partial charge in [-0.1, -0.05) is 6.42 Å². The highest BCUT2D eigenvalue weighted by atomic mass is 15.2. The Hall–Kier alpha value is -1.20. The molecule has 19 heavy (non-hydrogen) atoms. The van der Waals surface area contributed by atoms with E-state index in [9.17, 15) is 0 Å². The maximum absolute atomic E-state index is 4.33. The van der Waals surface area contributed by atoms with Crippen molar-refractivity contribution < 1.29 is 0 Å². The van der Waals surface area contributed by atoms with Crippen LogP contribution in [0.2, 0.25) is 0 Å².